The van der Waals surface area contributed by atoms with E-state index in [0.717, 1.165) is 5.69 Å². The Hall–Kier alpha value is -0.796. The number of carboxylic acid groups (broad SMARTS) is 1. The first-order valence-corrected chi connectivity index (χ1v) is 3.62. The van der Waals surface area contributed by atoms with Crippen molar-refractivity contribution in [3.05, 3.63) is 29.8 Å². The van der Waals surface area contributed by atoms with E-state index in [4.69, 9.17) is 5.11 Å². The minimum Gasteiger partial charge on any atom is -0.478 e. The van der Waals surface area contributed by atoms with Crippen LogP contribution in [0.2, 0.25) is 0 Å². The van der Waals surface area contributed by atoms with E-state index in [2.05, 4.69) is 0 Å². The first-order chi connectivity index (χ1) is 5.61. The molecule has 68 valence electrons. The summed E-state index contributed by atoms with van der Waals surface area (Å²) in [5.41, 5.74) is 1.32. The topological polar surface area (TPSA) is 40.5 Å². The van der Waals surface area contributed by atoms with Crippen molar-refractivity contribution in [1.29, 1.82) is 0 Å². The Morgan fingerprint density at radius 3 is 2.00 bits per heavy atom. The maximum atomic E-state index is 10.5. The molecule has 1 aromatic rings. The van der Waals surface area contributed by atoms with Gasteiger partial charge in [-0.3, -0.25) is 0 Å². The van der Waals surface area contributed by atoms with Crippen molar-refractivity contribution in [2.75, 3.05) is 19.0 Å². The number of rotatable bonds is 2. The second-order valence-electron chi connectivity index (χ2n) is 2.75. The van der Waals surface area contributed by atoms with Gasteiger partial charge < -0.3 is 10.0 Å². The Labute approximate surface area is 92.2 Å². The van der Waals surface area contributed by atoms with Gasteiger partial charge >= 0.3 is 5.97 Å². The molecule has 0 saturated heterocycles. The van der Waals surface area contributed by atoms with E-state index in [1.165, 1.54) is 0 Å². The molecule has 0 saturated carbocycles. The number of hydrogen-bond acceptors (Lipinski definition) is 2. The largest absolute Gasteiger partial charge is 0.478 e. The van der Waals surface area contributed by atoms with E-state index in [0.29, 0.717) is 5.56 Å². The second-order valence-corrected chi connectivity index (χ2v) is 2.75. The minimum atomic E-state index is -0.889. The van der Waals surface area contributed by atoms with Crippen LogP contribution >= 0.6 is 0 Å². The molecule has 0 heterocycles. The van der Waals surface area contributed by atoms with Gasteiger partial charge in [0.05, 0.1) is 5.56 Å². The minimum absolute atomic E-state index is 0. The van der Waals surface area contributed by atoms with Crippen LogP contribution < -0.4 is 4.90 Å². The van der Waals surface area contributed by atoms with Crippen LogP contribution in [-0.4, -0.2) is 25.2 Å². The summed E-state index contributed by atoms with van der Waals surface area (Å²) in [5, 5.41) is 8.60. The number of carbonyl (C=O) groups is 1. The molecule has 0 aliphatic rings. The molecule has 1 aromatic carbocycles. The zero-order valence-corrected chi connectivity index (χ0v) is 9.17. The Kier molecular flexibility index (Phi) is 4.74. The molecular weight excluding hydrogens is 202 g/mol. The van der Waals surface area contributed by atoms with E-state index in [-0.39, 0.29) is 21.7 Å². The van der Waals surface area contributed by atoms with Crippen LogP contribution in [0.25, 0.3) is 0 Å². The summed E-state index contributed by atoms with van der Waals surface area (Å²) in [6, 6.07) is 6.75. The van der Waals surface area contributed by atoms with E-state index < -0.39 is 5.97 Å². The van der Waals surface area contributed by atoms with Crippen molar-refractivity contribution in [2.45, 2.75) is 0 Å². The zero-order valence-electron chi connectivity index (χ0n) is 7.61. The van der Waals surface area contributed by atoms with Gasteiger partial charge in [-0.05, 0) is 24.3 Å². The molecule has 0 aliphatic heterocycles. The van der Waals surface area contributed by atoms with Crippen LogP contribution in [0.5, 0.6) is 0 Å². The molecule has 0 fully saturated rings. The van der Waals surface area contributed by atoms with E-state index in [9.17, 15) is 4.79 Å². The number of carboxylic acids is 1. The third-order valence-corrected chi connectivity index (χ3v) is 1.63. The molecule has 0 spiro atoms. The summed E-state index contributed by atoms with van der Waals surface area (Å²) in [6.45, 7) is 0. The summed E-state index contributed by atoms with van der Waals surface area (Å²) in [7, 11) is 3.82. The summed E-state index contributed by atoms with van der Waals surface area (Å²) < 4.78 is 0. The molecule has 1 rings (SSSR count). The molecule has 0 unspecified atom stereocenters. The van der Waals surface area contributed by atoms with Crippen molar-refractivity contribution in [1.82, 2.24) is 0 Å². The molecule has 0 radical (unpaired) electrons. The average Bonchev–Trinajstić information content (AvgIpc) is 2.04. The molecule has 0 atom stereocenters. The quantitative estimate of drug-likeness (QED) is 0.755. The fourth-order valence-corrected chi connectivity index (χ4v) is 0.902. The molecule has 13 heavy (non-hydrogen) atoms. The van der Waals surface area contributed by atoms with Gasteiger partial charge in [-0.2, -0.15) is 0 Å². The number of benzene rings is 1. The molecule has 4 heteroatoms. The third kappa shape index (κ3) is 3.21. The van der Waals surface area contributed by atoms with Gasteiger partial charge in [-0.15, -0.1) is 0 Å². The summed E-state index contributed by atoms with van der Waals surface area (Å²) in [6.07, 6.45) is 0. The zero-order chi connectivity index (χ0) is 9.14. The third-order valence-electron chi connectivity index (χ3n) is 1.63. The molecule has 0 amide bonds. The van der Waals surface area contributed by atoms with Crippen molar-refractivity contribution in [3.8, 4) is 0 Å². The Morgan fingerprint density at radius 1 is 1.23 bits per heavy atom. The van der Waals surface area contributed by atoms with Crippen LogP contribution in [-0.2, 0) is 21.7 Å². The van der Waals surface area contributed by atoms with Crippen LogP contribution in [0.3, 0.4) is 0 Å². The van der Waals surface area contributed by atoms with Crippen molar-refractivity contribution in [2.24, 2.45) is 0 Å². The van der Waals surface area contributed by atoms with E-state index in [1.54, 1.807) is 24.3 Å². The molecule has 1 N–H and O–H groups in total. The monoisotopic (exact) mass is 213 g/mol. The van der Waals surface area contributed by atoms with Crippen LogP contribution in [0.1, 0.15) is 10.4 Å². The molecule has 0 aromatic heterocycles. The van der Waals surface area contributed by atoms with Gasteiger partial charge in [0.1, 0.15) is 0 Å². The summed E-state index contributed by atoms with van der Waals surface area (Å²) in [4.78, 5) is 12.4. The molecule has 3 nitrogen and oxygen atoms in total. The fourth-order valence-electron chi connectivity index (χ4n) is 0.902. The Balaban J connectivity index is 0.00000144. The Morgan fingerprint density at radius 2 is 1.69 bits per heavy atom. The smallest absolute Gasteiger partial charge is 0.335 e. The second kappa shape index (κ2) is 5.05. The summed E-state index contributed by atoms with van der Waals surface area (Å²) >= 11 is 0. The number of hydrogen-bond donors (Lipinski definition) is 1. The maximum Gasteiger partial charge on any atom is 0.335 e. The van der Waals surface area contributed by atoms with Gasteiger partial charge in [0, 0.05) is 41.5 Å². The van der Waals surface area contributed by atoms with E-state index in [1.807, 2.05) is 19.0 Å². The van der Waals surface area contributed by atoms with Crippen LogP contribution in [0.4, 0.5) is 5.69 Å². The first-order valence-electron chi connectivity index (χ1n) is 3.62. The van der Waals surface area contributed by atoms with Gasteiger partial charge in [-0.25, -0.2) is 4.79 Å². The van der Waals surface area contributed by atoms with Crippen LogP contribution in [0, 0.1) is 0 Å². The van der Waals surface area contributed by atoms with Crippen molar-refractivity contribution >= 4 is 11.7 Å². The van der Waals surface area contributed by atoms with Crippen molar-refractivity contribution < 1.29 is 31.6 Å². The number of nitrogens with zero attached hydrogens (tertiary/aromatic N) is 1. The van der Waals surface area contributed by atoms with Gasteiger partial charge in [-0.1, -0.05) is 0 Å². The van der Waals surface area contributed by atoms with E-state index >= 15 is 0 Å². The normalized spacial score (nSPS) is 8.77. The fraction of sp³-hybridized carbons (Fsp3) is 0.222. The molecular formula is C9H11NO2Ti. The van der Waals surface area contributed by atoms with Gasteiger partial charge in [0.2, 0.25) is 0 Å². The molecule has 0 bridgehead atoms. The number of anilines is 1. The van der Waals surface area contributed by atoms with Crippen LogP contribution in [0.15, 0.2) is 24.3 Å². The standard InChI is InChI=1S/C9H11NO2.Ti/c1-10(2)8-5-3-7(4-6-8)9(11)12;/h3-6H,1-2H3,(H,11,12);. The van der Waals surface area contributed by atoms with Crippen molar-refractivity contribution in [3.63, 3.8) is 0 Å². The molecule has 0 aliphatic carbocycles. The predicted octanol–water partition coefficient (Wildman–Crippen LogP) is 1.45. The predicted molar refractivity (Wildman–Crippen MR) is 47.7 cm³/mol. The SMILES string of the molecule is CN(C)c1ccc(C(=O)O)cc1.[Ti]. The number of aromatic carboxylic acids is 1. The average molecular weight is 213 g/mol. The first kappa shape index (κ1) is 12.2. The Bertz CT molecular complexity index is 282. The maximum absolute atomic E-state index is 10.5. The van der Waals surface area contributed by atoms with Gasteiger partial charge in [0.15, 0.2) is 0 Å². The summed E-state index contributed by atoms with van der Waals surface area (Å²) in [5.74, 6) is -0.889. The van der Waals surface area contributed by atoms with Gasteiger partial charge in [0.25, 0.3) is 0 Å².